The Hall–Kier alpha value is -1.60. The van der Waals surface area contributed by atoms with Crippen LogP contribution < -0.4 is 5.32 Å². The van der Waals surface area contributed by atoms with Crippen molar-refractivity contribution in [1.29, 1.82) is 5.26 Å². The van der Waals surface area contributed by atoms with Crippen molar-refractivity contribution in [3.8, 4) is 6.07 Å². The standard InChI is InChI=1S/C14H19N3O/c1-10-6-11(9-15)7-13(16-10)17-12-4-5-18-14(2,3)8-12/h6-7,12H,4-5,8H2,1-3H3,(H,16,17). The van der Waals surface area contributed by atoms with Gasteiger partial charge < -0.3 is 10.1 Å². The van der Waals surface area contributed by atoms with Gasteiger partial charge in [0.15, 0.2) is 0 Å². The molecule has 1 fully saturated rings. The number of pyridine rings is 1. The van der Waals surface area contributed by atoms with E-state index in [4.69, 9.17) is 10.00 Å². The van der Waals surface area contributed by atoms with Crippen molar-refractivity contribution in [2.24, 2.45) is 0 Å². The number of nitrogens with one attached hydrogen (secondary N) is 1. The summed E-state index contributed by atoms with van der Waals surface area (Å²) in [7, 11) is 0. The van der Waals surface area contributed by atoms with Crippen LogP contribution in [0.4, 0.5) is 5.82 Å². The molecule has 96 valence electrons. The van der Waals surface area contributed by atoms with Gasteiger partial charge in [-0.05, 0) is 45.7 Å². The Bertz CT molecular complexity index is 476. The predicted octanol–water partition coefficient (Wildman–Crippen LogP) is 2.63. The summed E-state index contributed by atoms with van der Waals surface area (Å²) in [6.45, 7) is 6.87. The topological polar surface area (TPSA) is 57.9 Å². The lowest BCUT2D eigenvalue weighted by Gasteiger charge is -2.36. The first-order valence-corrected chi connectivity index (χ1v) is 6.28. The summed E-state index contributed by atoms with van der Waals surface area (Å²) in [5.74, 6) is 0.786. The molecule has 4 heteroatoms. The van der Waals surface area contributed by atoms with Gasteiger partial charge in [0.25, 0.3) is 0 Å². The molecule has 1 aliphatic heterocycles. The molecule has 2 rings (SSSR count). The van der Waals surface area contributed by atoms with Gasteiger partial charge in [-0.1, -0.05) is 0 Å². The molecule has 0 aliphatic carbocycles. The molecule has 2 heterocycles. The number of hydrogen-bond donors (Lipinski definition) is 1. The molecule has 1 N–H and O–H groups in total. The molecule has 1 aromatic rings. The molecule has 0 saturated carbocycles. The Balaban J connectivity index is 2.10. The quantitative estimate of drug-likeness (QED) is 0.870. The summed E-state index contributed by atoms with van der Waals surface area (Å²) in [5, 5.41) is 12.4. The molecular formula is C14H19N3O. The van der Waals surface area contributed by atoms with E-state index in [0.717, 1.165) is 31.0 Å². The minimum atomic E-state index is -0.0855. The lowest BCUT2D eigenvalue weighted by molar-refractivity contribution is -0.0553. The summed E-state index contributed by atoms with van der Waals surface area (Å²) in [4.78, 5) is 4.42. The predicted molar refractivity (Wildman–Crippen MR) is 70.4 cm³/mol. The first kappa shape index (κ1) is 12.8. The maximum Gasteiger partial charge on any atom is 0.127 e. The number of nitrogens with zero attached hydrogens (tertiary/aromatic N) is 2. The molecule has 0 radical (unpaired) electrons. The Morgan fingerprint density at radius 2 is 2.28 bits per heavy atom. The molecule has 1 atom stereocenters. The molecule has 0 spiro atoms. The maximum atomic E-state index is 8.95. The molecule has 4 nitrogen and oxygen atoms in total. The fraction of sp³-hybridized carbons (Fsp3) is 0.571. The van der Waals surface area contributed by atoms with Crippen molar-refractivity contribution in [3.05, 3.63) is 23.4 Å². The zero-order chi connectivity index (χ0) is 13.2. The Kier molecular flexibility index (Phi) is 3.53. The number of hydrogen-bond acceptors (Lipinski definition) is 4. The summed E-state index contributed by atoms with van der Waals surface area (Å²) in [5.41, 5.74) is 1.43. The molecule has 0 bridgehead atoms. The van der Waals surface area contributed by atoms with E-state index in [-0.39, 0.29) is 5.60 Å². The van der Waals surface area contributed by atoms with Crippen LogP contribution in [0, 0.1) is 18.3 Å². The second kappa shape index (κ2) is 4.95. The minimum absolute atomic E-state index is 0.0855. The van der Waals surface area contributed by atoms with E-state index in [2.05, 4.69) is 30.2 Å². The van der Waals surface area contributed by atoms with Crippen molar-refractivity contribution in [3.63, 3.8) is 0 Å². The van der Waals surface area contributed by atoms with Crippen LogP contribution in [0.25, 0.3) is 0 Å². The molecule has 18 heavy (non-hydrogen) atoms. The smallest absolute Gasteiger partial charge is 0.127 e. The Morgan fingerprint density at radius 1 is 1.50 bits per heavy atom. The highest BCUT2D eigenvalue weighted by atomic mass is 16.5. The average Bonchev–Trinajstić information content (AvgIpc) is 2.26. The van der Waals surface area contributed by atoms with Crippen LogP contribution in [-0.2, 0) is 4.74 Å². The van der Waals surface area contributed by atoms with Gasteiger partial charge in [-0.3, -0.25) is 0 Å². The van der Waals surface area contributed by atoms with Gasteiger partial charge in [-0.2, -0.15) is 5.26 Å². The van der Waals surface area contributed by atoms with Crippen molar-refractivity contribution in [2.75, 3.05) is 11.9 Å². The monoisotopic (exact) mass is 245 g/mol. The number of nitriles is 1. The van der Waals surface area contributed by atoms with Crippen molar-refractivity contribution in [2.45, 2.75) is 45.3 Å². The average molecular weight is 245 g/mol. The molecule has 1 unspecified atom stereocenters. The minimum Gasteiger partial charge on any atom is -0.375 e. The summed E-state index contributed by atoms with van der Waals surface area (Å²) < 4.78 is 5.69. The van der Waals surface area contributed by atoms with E-state index in [0.29, 0.717) is 11.6 Å². The third-order valence-corrected chi connectivity index (χ3v) is 3.13. The van der Waals surface area contributed by atoms with Gasteiger partial charge >= 0.3 is 0 Å². The van der Waals surface area contributed by atoms with Crippen LogP contribution in [0.2, 0.25) is 0 Å². The van der Waals surface area contributed by atoms with Crippen LogP contribution in [0.5, 0.6) is 0 Å². The van der Waals surface area contributed by atoms with Crippen molar-refractivity contribution < 1.29 is 4.74 Å². The normalized spacial score (nSPS) is 22.2. The van der Waals surface area contributed by atoms with Gasteiger partial charge in [0.05, 0.1) is 17.2 Å². The molecule has 0 amide bonds. The van der Waals surface area contributed by atoms with Gasteiger partial charge in [0.2, 0.25) is 0 Å². The third-order valence-electron chi connectivity index (χ3n) is 3.13. The van der Waals surface area contributed by atoms with Crippen molar-refractivity contribution in [1.82, 2.24) is 4.98 Å². The Morgan fingerprint density at radius 3 is 2.94 bits per heavy atom. The highest BCUT2D eigenvalue weighted by Gasteiger charge is 2.28. The van der Waals surface area contributed by atoms with E-state index in [9.17, 15) is 0 Å². The molecule has 0 aromatic carbocycles. The maximum absolute atomic E-state index is 8.95. The van der Waals surface area contributed by atoms with E-state index in [1.807, 2.05) is 6.92 Å². The number of anilines is 1. The number of aromatic nitrogens is 1. The van der Waals surface area contributed by atoms with Crippen molar-refractivity contribution >= 4 is 5.82 Å². The van der Waals surface area contributed by atoms with Gasteiger partial charge in [-0.15, -0.1) is 0 Å². The summed E-state index contributed by atoms with van der Waals surface area (Å²) in [6, 6.07) is 6.10. The van der Waals surface area contributed by atoms with E-state index in [1.54, 1.807) is 12.1 Å². The third kappa shape index (κ3) is 3.21. The second-order valence-corrected chi connectivity index (χ2v) is 5.44. The lowest BCUT2D eigenvalue weighted by Crippen LogP contribution is -2.40. The molecule has 1 aliphatic rings. The fourth-order valence-corrected chi connectivity index (χ4v) is 2.37. The molecular weight excluding hydrogens is 226 g/mol. The van der Waals surface area contributed by atoms with E-state index >= 15 is 0 Å². The number of ether oxygens (including phenoxy) is 1. The SMILES string of the molecule is Cc1cc(C#N)cc(NC2CCOC(C)(C)C2)n1. The number of aryl methyl sites for hydroxylation is 1. The first-order valence-electron chi connectivity index (χ1n) is 6.28. The zero-order valence-corrected chi connectivity index (χ0v) is 11.2. The summed E-state index contributed by atoms with van der Waals surface area (Å²) >= 11 is 0. The molecule has 1 saturated heterocycles. The largest absolute Gasteiger partial charge is 0.375 e. The van der Waals surface area contributed by atoms with Crippen LogP contribution in [0.1, 0.15) is 37.9 Å². The highest BCUT2D eigenvalue weighted by Crippen LogP contribution is 2.26. The van der Waals surface area contributed by atoms with E-state index in [1.165, 1.54) is 0 Å². The lowest BCUT2D eigenvalue weighted by atomic mass is 9.94. The second-order valence-electron chi connectivity index (χ2n) is 5.44. The fourth-order valence-electron chi connectivity index (χ4n) is 2.37. The van der Waals surface area contributed by atoms with Gasteiger partial charge in [-0.25, -0.2) is 4.98 Å². The summed E-state index contributed by atoms with van der Waals surface area (Å²) in [6.07, 6.45) is 1.92. The van der Waals surface area contributed by atoms with E-state index < -0.39 is 0 Å². The van der Waals surface area contributed by atoms with Crippen LogP contribution in [0.3, 0.4) is 0 Å². The zero-order valence-electron chi connectivity index (χ0n) is 11.2. The van der Waals surface area contributed by atoms with Crippen LogP contribution in [-0.4, -0.2) is 23.2 Å². The number of rotatable bonds is 2. The van der Waals surface area contributed by atoms with Crippen LogP contribution in [0.15, 0.2) is 12.1 Å². The Labute approximate surface area is 108 Å². The molecule has 1 aromatic heterocycles. The van der Waals surface area contributed by atoms with Gasteiger partial charge in [0.1, 0.15) is 5.82 Å². The van der Waals surface area contributed by atoms with Crippen LogP contribution >= 0.6 is 0 Å². The highest BCUT2D eigenvalue weighted by molar-refractivity contribution is 5.45. The first-order chi connectivity index (χ1) is 8.48. The van der Waals surface area contributed by atoms with Gasteiger partial charge in [0, 0.05) is 18.3 Å².